The summed E-state index contributed by atoms with van der Waals surface area (Å²) in [7, 11) is -0.606. The molecule has 2 amide bonds. The number of nitrogens with zero attached hydrogens (tertiary/aromatic N) is 4. The Hall–Kier alpha value is -3.28. The molecule has 1 atom stereocenters. The standard InChI is InChI=1S/C28H33ClFN5O4S/c1-19(33(3)28(37)21-8-11-34(12-9-21)27(36)15-29)22-6-7-24(25(30)14-22)26-13-20(16-31-2)18-35(26)40(38,39)23-5-4-10-32-17-23/h4-7,10,13-14,17-19,21,31H,8-9,11-12,15-16H2,1-3H3. The Morgan fingerprint density at radius 2 is 1.95 bits per heavy atom. The second-order valence-corrected chi connectivity index (χ2v) is 12.0. The number of halogens is 2. The number of carbonyl (C=O) groups excluding carboxylic acids is 2. The van der Waals surface area contributed by atoms with Crippen LogP contribution in [0.25, 0.3) is 11.3 Å². The molecule has 1 aliphatic rings. The molecule has 214 valence electrons. The van der Waals surface area contributed by atoms with Gasteiger partial charge in [-0.3, -0.25) is 14.6 Å². The first-order valence-electron chi connectivity index (χ1n) is 13.0. The number of benzene rings is 1. The lowest BCUT2D eigenvalue weighted by Crippen LogP contribution is -2.44. The van der Waals surface area contributed by atoms with Crippen molar-refractivity contribution in [3.63, 3.8) is 0 Å². The van der Waals surface area contributed by atoms with E-state index in [-0.39, 0.29) is 39.8 Å². The Kier molecular flexibility index (Phi) is 9.27. The Morgan fingerprint density at radius 1 is 1.23 bits per heavy atom. The first kappa shape index (κ1) is 29.7. The third kappa shape index (κ3) is 6.06. The third-order valence-corrected chi connectivity index (χ3v) is 9.29. The van der Waals surface area contributed by atoms with E-state index in [2.05, 4.69) is 10.3 Å². The highest BCUT2D eigenvalue weighted by Crippen LogP contribution is 2.32. The van der Waals surface area contributed by atoms with E-state index in [9.17, 15) is 18.0 Å². The van der Waals surface area contributed by atoms with Gasteiger partial charge in [-0.05, 0) is 68.3 Å². The number of hydrogen-bond acceptors (Lipinski definition) is 6. The predicted molar refractivity (Wildman–Crippen MR) is 151 cm³/mol. The summed E-state index contributed by atoms with van der Waals surface area (Å²) in [4.78, 5) is 32.2. The minimum atomic E-state index is -4.03. The molecule has 0 aliphatic carbocycles. The van der Waals surface area contributed by atoms with Crippen molar-refractivity contribution in [1.82, 2.24) is 24.1 Å². The molecule has 3 aromatic rings. The topological polar surface area (TPSA) is 105 Å². The first-order chi connectivity index (χ1) is 19.1. The lowest BCUT2D eigenvalue weighted by atomic mass is 9.94. The van der Waals surface area contributed by atoms with Crippen molar-refractivity contribution in [2.45, 2.75) is 37.2 Å². The maximum atomic E-state index is 15.6. The van der Waals surface area contributed by atoms with Crippen molar-refractivity contribution in [3.05, 3.63) is 71.9 Å². The number of hydrogen-bond donors (Lipinski definition) is 1. The second-order valence-electron chi connectivity index (χ2n) is 9.91. The van der Waals surface area contributed by atoms with E-state index < -0.39 is 21.9 Å². The lowest BCUT2D eigenvalue weighted by Gasteiger charge is -2.35. The molecule has 0 radical (unpaired) electrons. The van der Waals surface area contributed by atoms with Gasteiger partial charge in [0.25, 0.3) is 10.0 Å². The van der Waals surface area contributed by atoms with E-state index in [0.29, 0.717) is 43.6 Å². The van der Waals surface area contributed by atoms with E-state index in [1.165, 1.54) is 36.8 Å². The quantitative estimate of drug-likeness (QED) is 0.382. The third-order valence-electron chi connectivity index (χ3n) is 7.41. The van der Waals surface area contributed by atoms with Crippen LogP contribution in [0.1, 0.15) is 36.9 Å². The average Bonchev–Trinajstić information content (AvgIpc) is 3.40. The molecular weight excluding hydrogens is 557 g/mol. The highest BCUT2D eigenvalue weighted by atomic mass is 35.5. The molecule has 4 rings (SSSR count). The normalized spacial score (nSPS) is 15.2. The van der Waals surface area contributed by atoms with Crippen LogP contribution >= 0.6 is 11.6 Å². The fraction of sp³-hybridized carbons (Fsp3) is 0.393. The molecule has 0 spiro atoms. The van der Waals surface area contributed by atoms with Gasteiger partial charge < -0.3 is 15.1 Å². The van der Waals surface area contributed by atoms with Crippen LogP contribution in [0.3, 0.4) is 0 Å². The van der Waals surface area contributed by atoms with Gasteiger partial charge in [0.15, 0.2) is 0 Å². The number of likely N-dealkylation sites (tertiary alicyclic amines) is 1. The summed E-state index contributed by atoms with van der Waals surface area (Å²) in [5, 5.41) is 2.99. The molecule has 9 nitrogen and oxygen atoms in total. The van der Waals surface area contributed by atoms with E-state index in [4.69, 9.17) is 11.6 Å². The Morgan fingerprint density at radius 3 is 2.55 bits per heavy atom. The Balaban J connectivity index is 1.58. The van der Waals surface area contributed by atoms with Crippen molar-refractivity contribution in [1.29, 1.82) is 0 Å². The SMILES string of the molecule is CNCc1cc(-c2ccc(C(C)N(C)C(=O)C3CCN(C(=O)CCl)CC3)cc2F)n(S(=O)(=O)c2cccnc2)c1. The van der Waals surface area contributed by atoms with Crippen LogP contribution in [-0.2, 0) is 26.2 Å². The zero-order valence-electron chi connectivity index (χ0n) is 22.7. The predicted octanol–water partition coefficient (Wildman–Crippen LogP) is 3.64. The molecule has 1 saturated heterocycles. The maximum Gasteiger partial charge on any atom is 0.269 e. The highest BCUT2D eigenvalue weighted by molar-refractivity contribution is 7.90. The average molecular weight is 590 g/mol. The summed E-state index contributed by atoms with van der Waals surface area (Å²) in [6.45, 7) is 3.17. The largest absolute Gasteiger partial charge is 0.342 e. The summed E-state index contributed by atoms with van der Waals surface area (Å²) < 4.78 is 43.6. The van der Waals surface area contributed by atoms with Crippen LogP contribution < -0.4 is 5.32 Å². The first-order valence-corrected chi connectivity index (χ1v) is 15.0. The van der Waals surface area contributed by atoms with E-state index in [1.807, 2.05) is 6.92 Å². The van der Waals surface area contributed by atoms with Gasteiger partial charge in [0, 0.05) is 56.8 Å². The number of carbonyl (C=O) groups is 2. The smallest absolute Gasteiger partial charge is 0.269 e. The Labute approximate surface area is 239 Å². The van der Waals surface area contributed by atoms with Crippen molar-refractivity contribution >= 4 is 33.4 Å². The number of pyridine rings is 1. The summed E-state index contributed by atoms with van der Waals surface area (Å²) >= 11 is 5.65. The van der Waals surface area contributed by atoms with Crippen LogP contribution in [0.15, 0.2) is 59.9 Å². The molecule has 1 aromatic carbocycles. The van der Waals surface area contributed by atoms with Gasteiger partial charge in [-0.1, -0.05) is 6.07 Å². The number of amides is 2. The van der Waals surface area contributed by atoms with Crippen molar-refractivity contribution in [2.75, 3.05) is 33.1 Å². The zero-order valence-corrected chi connectivity index (χ0v) is 24.3. The molecule has 40 heavy (non-hydrogen) atoms. The Bertz CT molecular complexity index is 1470. The molecule has 0 saturated carbocycles. The lowest BCUT2D eigenvalue weighted by molar-refractivity contribution is -0.140. The van der Waals surface area contributed by atoms with Gasteiger partial charge in [-0.15, -0.1) is 11.6 Å². The van der Waals surface area contributed by atoms with E-state index >= 15 is 4.39 Å². The fourth-order valence-electron chi connectivity index (χ4n) is 4.97. The number of rotatable bonds is 9. The van der Waals surface area contributed by atoms with Gasteiger partial charge in [0.05, 0.1) is 11.7 Å². The number of aromatic nitrogens is 2. The summed E-state index contributed by atoms with van der Waals surface area (Å²) in [5.41, 5.74) is 1.56. The molecule has 1 aliphatic heterocycles. The molecule has 1 N–H and O–H groups in total. The summed E-state index contributed by atoms with van der Waals surface area (Å²) in [5.74, 6) is -1.11. The minimum Gasteiger partial charge on any atom is -0.342 e. The van der Waals surface area contributed by atoms with Crippen molar-refractivity contribution < 1.29 is 22.4 Å². The molecule has 2 aromatic heterocycles. The highest BCUT2D eigenvalue weighted by Gasteiger charge is 2.31. The molecule has 3 heterocycles. The second kappa shape index (κ2) is 12.5. The van der Waals surface area contributed by atoms with Gasteiger partial charge in [-0.25, -0.2) is 16.8 Å². The van der Waals surface area contributed by atoms with Gasteiger partial charge >= 0.3 is 0 Å². The van der Waals surface area contributed by atoms with E-state index in [0.717, 1.165) is 3.97 Å². The van der Waals surface area contributed by atoms with Crippen LogP contribution in [-0.4, -0.2) is 72.1 Å². The summed E-state index contributed by atoms with van der Waals surface area (Å²) in [6, 6.07) is 8.79. The summed E-state index contributed by atoms with van der Waals surface area (Å²) in [6.07, 6.45) is 5.30. The minimum absolute atomic E-state index is 0.00787. The van der Waals surface area contributed by atoms with Crippen LogP contribution in [0.4, 0.5) is 4.39 Å². The van der Waals surface area contributed by atoms with Gasteiger partial charge in [0.2, 0.25) is 11.8 Å². The molecule has 0 bridgehead atoms. The van der Waals surface area contributed by atoms with Crippen molar-refractivity contribution in [3.8, 4) is 11.3 Å². The van der Waals surface area contributed by atoms with Crippen molar-refractivity contribution in [2.24, 2.45) is 5.92 Å². The number of nitrogens with one attached hydrogen (secondary N) is 1. The monoisotopic (exact) mass is 589 g/mol. The number of alkyl halides is 1. The number of piperidine rings is 1. The van der Waals surface area contributed by atoms with Crippen LogP contribution in [0.5, 0.6) is 0 Å². The van der Waals surface area contributed by atoms with E-state index in [1.54, 1.807) is 42.1 Å². The fourth-order valence-corrected chi connectivity index (χ4v) is 6.49. The van der Waals surface area contributed by atoms with Crippen LogP contribution in [0, 0.1) is 11.7 Å². The molecular formula is C28H33ClFN5O4S. The molecule has 1 fully saturated rings. The maximum absolute atomic E-state index is 15.6. The molecule has 1 unspecified atom stereocenters. The van der Waals surface area contributed by atoms with Crippen LogP contribution in [0.2, 0.25) is 0 Å². The molecule has 12 heteroatoms. The van der Waals surface area contributed by atoms with Gasteiger partial charge in [-0.2, -0.15) is 0 Å². The zero-order chi connectivity index (χ0) is 29.0. The van der Waals surface area contributed by atoms with Gasteiger partial charge in [0.1, 0.15) is 16.6 Å².